The van der Waals surface area contributed by atoms with Crippen molar-refractivity contribution in [2.75, 3.05) is 13.2 Å². The van der Waals surface area contributed by atoms with Crippen LogP contribution in [0.25, 0.3) is 0 Å². The molecule has 0 aliphatic heterocycles. The van der Waals surface area contributed by atoms with Gasteiger partial charge in [0.25, 0.3) is 5.91 Å². The highest BCUT2D eigenvalue weighted by atomic mass is 35.5. The third-order valence-electron chi connectivity index (χ3n) is 3.33. The molecule has 0 unspecified atom stereocenters. The predicted octanol–water partition coefficient (Wildman–Crippen LogP) is 2.95. The molecule has 2 aromatic rings. The van der Waals surface area contributed by atoms with E-state index in [2.05, 4.69) is 10.9 Å². The van der Waals surface area contributed by atoms with Gasteiger partial charge in [-0.2, -0.15) is 0 Å². The van der Waals surface area contributed by atoms with Crippen LogP contribution in [-0.2, 0) is 9.59 Å². The Kier molecular flexibility index (Phi) is 7.29. The number of hydrogen-bond donors (Lipinski definition) is 2. The van der Waals surface area contributed by atoms with Crippen molar-refractivity contribution in [3.63, 3.8) is 0 Å². The molecule has 0 spiro atoms. The van der Waals surface area contributed by atoms with E-state index in [4.69, 9.17) is 21.1 Å². The van der Waals surface area contributed by atoms with Crippen LogP contribution in [0.1, 0.15) is 17.5 Å². The second-order valence-corrected chi connectivity index (χ2v) is 6.14. The number of benzene rings is 2. The average molecular weight is 377 g/mol. The highest BCUT2D eigenvalue weighted by molar-refractivity contribution is 6.32. The van der Waals surface area contributed by atoms with E-state index in [0.717, 1.165) is 11.1 Å². The van der Waals surface area contributed by atoms with Gasteiger partial charge in [-0.15, -0.1) is 0 Å². The molecule has 0 fully saturated rings. The van der Waals surface area contributed by atoms with Crippen LogP contribution in [0.3, 0.4) is 0 Å². The van der Waals surface area contributed by atoms with E-state index in [1.165, 1.54) is 0 Å². The van der Waals surface area contributed by atoms with E-state index >= 15 is 0 Å². The molecule has 26 heavy (non-hydrogen) atoms. The summed E-state index contributed by atoms with van der Waals surface area (Å²) in [6, 6.07) is 12.7. The summed E-state index contributed by atoms with van der Waals surface area (Å²) in [7, 11) is 0. The van der Waals surface area contributed by atoms with Gasteiger partial charge in [0.1, 0.15) is 11.5 Å². The number of rotatable bonds is 7. The van der Waals surface area contributed by atoms with E-state index in [-0.39, 0.29) is 25.5 Å². The second-order valence-electron chi connectivity index (χ2n) is 5.74. The Morgan fingerprint density at radius 3 is 2.31 bits per heavy atom. The fourth-order valence-electron chi connectivity index (χ4n) is 2.22. The summed E-state index contributed by atoms with van der Waals surface area (Å²) >= 11 is 5.95. The number of carbonyl (C=O) groups excluding carboxylic acids is 2. The Balaban J connectivity index is 1.65. The third kappa shape index (κ3) is 6.64. The Morgan fingerprint density at radius 1 is 0.962 bits per heavy atom. The molecule has 0 saturated heterocycles. The van der Waals surface area contributed by atoms with E-state index in [9.17, 15) is 9.59 Å². The predicted molar refractivity (Wildman–Crippen MR) is 99.3 cm³/mol. The van der Waals surface area contributed by atoms with Crippen LogP contribution in [0.15, 0.2) is 42.5 Å². The van der Waals surface area contributed by atoms with Crippen LogP contribution in [0.2, 0.25) is 5.02 Å². The maximum Gasteiger partial charge on any atom is 0.276 e. The van der Waals surface area contributed by atoms with Crippen molar-refractivity contribution in [3.8, 4) is 11.5 Å². The molecule has 0 aromatic heterocycles. The largest absolute Gasteiger partial charge is 0.491 e. The first-order chi connectivity index (χ1) is 12.4. The van der Waals surface area contributed by atoms with Crippen LogP contribution in [0.4, 0.5) is 0 Å². The van der Waals surface area contributed by atoms with E-state index in [0.29, 0.717) is 16.5 Å². The number of carbonyl (C=O) groups is 2. The first-order valence-electron chi connectivity index (χ1n) is 8.10. The Morgan fingerprint density at radius 2 is 1.62 bits per heavy atom. The van der Waals surface area contributed by atoms with Crippen LogP contribution in [-0.4, -0.2) is 25.0 Å². The molecule has 2 rings (SSSR count). The summed E-state index contributed by atoms with van der Waals surface area (Å²) in [4.78, 5) is 23.4. The van der Waals surface area contributed by atoms with Crippen LogP contribution in [0.5, 0.6) is 11.5 Å². The molecule has 0 radical (unpaired) electrons. The number of aryl methyl sites for hydroxylation is 2. The molecule has 0 atom stereocenters. The monoisotopic (exact) mass is 376 g/mol. The normalized spacial score (nSPS) is 10.1. The molecule has 0 heterocycles. The lowest BCUT2D eigenvalue weighted by Crippen LogP contribution is -2.44. The highest BCUT2D eigenvalue weighted by Gasteiger charge is 2.07. The Hall–Kier alpha value is -2.73. The molecular formula is C19H21ClN2O4. The zero-order valence-corrected chi connectivity index (χ0v) is 15.4. The molecule has 6 nitrogen and oxygen atoms in total. The van der Waals surface area contributed by atoms with Crippen molar-refractivity contribution >= 4 is 23.4 Å². The van der Waals surface area contributed by atoms with Gasteiger partial charge in [-0.25, -0.2) is 0 Å². The minimum atomic E-state index is -0.454. The molecule has 0 saturated carbocycles. The quantitative estimate of drug-likeness (QED) is 0.728. The van der Waals surface area contributed by atoms with Crippen LogP contribution in [0, 0.1) is 13.8 Å². The maximum atomic E-state index is 11.7. The average Bonchev–Trinajstić information content (AvgIpc) is 2.59. The lowest BCUT2D eigenvalue weighted by molar-refractivity contribution is -0.130. The first-order valence-corrected chi connectivity index (χ1v) is 8.48. The minimum absolute atomic E-state index is 0.0729. The summed E-state index contributed by atoms with van der Waals surface area (Å²) in [6.07, 6.45) is 0.0729. The fraction of sp³-hybridized carbons (Fsp3) is 0.263. The summed E-state index contributed by atoms with van der Waals surface area (Å²) in [6.45, 7) is 3.85. The van der Waals surface area contributed by atoms with Crippen molar-refractivity contribution in [2.24, 2.45) is 0 Å². The van der Waals surface area contributed by atoms with Crippen molar-refractivity contribution in [1.82, 2.24) is 10.9 Å². The molecule has 0 aliphatic rings. The zero-order valence-electron chi connectivity index (χ0n) is 14.7. The van der Waals surface area contributed by atoms with Crippen molar-refractivity contribution in [3.05, 3.63) is 58.6 Å². The number of hydrogen-bond acceptors (Lipinski definition) is 4. The summed E-state index contributed by atoms with van der Waals surface area (Å²) < 4.78 is 10.8. The Bertz CT molecular complexity index is 760. The number of amides is 2. The molecule has 2 N–H and O–H groups in total. The smallest absolute Gasteiger partial charge is 0.276 e. The van der Waals surface area contributed by atoms with Gasteiger partial charge in [-0.05, 0) is 49.2 Å². The SMILES string of the molecule is Cc1cc(C)cc(OCC(=O)NNC(=O)CCOc2ccccc2Cl)c1. The van der Waals surface area contributed by atoms with Crippen molar-refractivity contribution in [1.29, 1.82) is 0 Å². The van der Waals surface area contributed by atoms with Gasteiger partial charge >= 0.3 is 0 Å². The summed E-state index contributed by atoms with van der Waals surface area (Å²) in [5.74, 6) is 0.284. The van der Waals surface area contributed by atoms with E-state index < -0.39 is 5.91 Å². The van der Waals surface area contributed by atoms with Gasteiger partial charge in [-0.3, -0.25) is 20.4 Å². The zero-order chi connectivity index (χ0) is 18.9. The fourth-order valence-corrected chi connectivity index (χ4v) is 2.41. The van der Waals surface area contributed by atoms with Gasteiger partial charge in [0, 0.05) is 0 Å². The lowest BCUT2D eigenvalue weighted by atomic mass is 10.1. The second kappa shape index (κ2) is 9.68. The van der Waals surface area contributed by atoms with Gasteiger partial charge < -0.3 is 9.47 Å². The standard InChI is InChI=1S/C19H21ClN2O4/c1-13-9-14(2)11-15(10-13)26-12-19(24)22-21-18(23)7-8-25-17-6-4-3-5-16(17)20/h3-6,9-11H,7-8,12H2,1-2H3,(H,21,23)(H,22,24). The van der Waals surface area contributed by atoms with E-state index in [1.54, 1.807) is 24.3 Å². The van der Waals surface area contributed by atoms with Crippen LogP contribution >= 0.6 is 11.6 Å². The Labute approximate surface area is 157 Å². The molecule has 138 valence electrons. The van der Waals surface area contributed by atoms with Gasteiger partial charge in [0.05, 0.1) is 18.1 Å². The molecule has 0 aliphatic carbocycles. The van der Waals surface area contributed by atoms with Gasteiger partial charge in [0.2, 0.25) is 5.91 Å². The summed E-state index contributed by atoms with van der Waals surface area (Å²) in [5.41, 5.74) is 6.70. The van der Waals surface area contributed by atoms with E-state index in [1.807, 2.05) is 32.0 Å². The number of nitrogens with one attached hydrogen (secondary N) is 2. The van der Waals surface area contributed by atoms with Gasteiger partial charge in [0.15, 0.2) is 6.61 Å². The van der Waals surface area contributed by atoms with Crippen molar-refractivity contribution in [2.45, 2.75) is 20.3 Å². The first kappa shape index (κ1) is 19.6. The lowest BCUT2D eigenvalue weighted by Gasteiger charge is -2.10. The van der Waals surface area contributed by atoms with Crippen molar-refractivity contribution < 1.29 is 19.1 Å². The molecule has 7 heteroatoms. The number of halogens is 1. The number of ether oxygens (including phenoxy) is 2. The van der Waals surface area contributed by atoms with Gasteiger partial charge in [-0.1, -0.05) is 29.8 Å². The third-order valence-corrected chi connectivity index (χ3v) is 3.64. The highest BCUT2D eigenvalue weighted by Crippen LogP contribution is 2.23. The minimum Gasteiger partial charge on any atom is -0.491 e. The topological polar surface area (TPSA) is 76.7 Å². The number of hydrazine groups is 1. The number of para-hydroxylation sites is 1. The summed E-state index contributed by atoms with van der Waals surface area (Å²) in [5, 5.41) is 0.477. The molecule has 2 amide bonds. The van der Waals surface area contributed by atoms with Crippen LogP contribution < -0.4 is 20.3 Å². The molecule has 0 bridgehead atoms. The molecular weight excluding hydrogens is 356 g/mol. The maximum absolute atomic E-state index is 11.7. The molecule has 2 aromatic carbocycles.